The van der Waals surface area contributed by atoms with E-state index < -0.39 is 6.10 Å². The first-order chi connectivity index (χ1) is 39.0. The van der Waals surface area contributed by atoms with Crippen molar-refractivity contribution in [3.8, 4) is 0 Å². The van der Waals surface area contributed by atoms with Crippen LogP contribution in [0.2, 0.25) is 0 Å². The summed E-state index contributed by atoms with van der Waals surface area (Å²) < 4.78 is 16.8. The molecule has 6 heteroatoms. The molecule has 456 valence electrons. The van der Waals surface area contributed by atoms with Crippen molar-refractivity contribution in [2.75, 3.05) is 13.2 Å². The summed E-state index contributed by atoms with van der Waals surface area (Å²) in [6.07, 6.45) is 89.5. The zero-order valence-corrected chi connectivity index (χ0v) is 52.4. The van der Waals surface area contributed by atoms with Gasteiger partial charge in [-0.1, -0.05) is 311 Å². The number of esters is 3. The predicted octanol–water partition coefficient (Wildman–Crippen LogP) is 23.4. The average molecular weight is 1100 g/mol. The minimum absolute atomic E-state index is 0.0733. The Morgan fingerprint density at radius 3 is 0.772 bits per heavy atom. The third-order valence-corrected chi connectivity index (χ3v) is 14.9. The molecule has 0 radical (unpaired) electrons. The monoisotopic (exact) mass is 1100 g/mol. The molecule has 0 bridgehead atoms. The highest BCUT2D eigenvalue weighted by Gasteiger charge is 2.19. The molecule has 0 amide bonds. The van der Waals surface area contributed by atoms with Crippen molar-refractivity contribution in [2.24, 2.45) is 0 Å². The third-order valence-electron chi connectivity index (χ3n) is 14.9. The molecule has 6 nitrogen and oxygen atoms in total. The summed E-state index contributed by atoms with van der Waals surface area (Å²) in [6, 6.07) is 0. The number of rotatable bonds is 62. The molecule has 0 spiro atoms. The van der Waals surface area contributed by atoms with E-state index >= 15 is 0 Å². The Morgan fingerprint density at radius 1 is 0.266 bits per heavy atom. The lowest BCUT2D eigenvalue weighted by Gasteiger charge is -2.18. The molecule has 79 heavy (non-hydrogen) atoms. The van der Waals surface area contributed by atoms with Gasteiger partial charge in [-0.3, -0.25) is 14.4 Å². The predicted molar refractivity (Wildman–Crippen MR) is 344 cm³/mol. The maximum atomic E-state index is 12.8. The lowest BCUT2D eigenvalue weighted by molar-refractivity contribution is -0.167. The summed E-state index contributed by atoms with van der Waals surface area (Å²) in [5, 5.41) is 0. The van der Waals surface area contributed by atoms with Crippen molar-refractivity contribution in [3.05, 3.63) is 85.1 Å². The van der Waals surface area contributed by atoms with Crippen LogP contribution in [-0.2, 0) is 28.6 Å². The average Bonchev–Trinajstić information content (AvgIpc) is 3.45. The Balaban J connectivity index is 3.96. The van der Waals surface area contributed by atoms with Gasteiger partial charge in [-0.2, -0.15) is 0 Å². The van der Waals surface area contributed by atoms with Crippen molar-refractivity contribution in [2.45, 2.75) is 348 Å². The number of carbonyl (C=O) groups is 3. The number of ether oxygens (including phenoxy) is 3. The van der Waals surface area contributed by atoms with Crippen molar-refractivity contribution in [3.63, 3.8) is 0 Å². The van der Waals surface area contributed by atoms with E-state index in [9.17, 15) is 14.4 Å². The first-order valence-electron chi connectivity index (χ1n) is 34.1. The lowest BCUT2D eigenvalue weighted by Crippen LogP contribution is -2.30. The van der Waals surface area contributed by atoms with Gasteiger partial charge in [0.1, 0.15) is 13.2 Å². The van der Waals surface area contributed by atoms with Crippen molar-refractivity contribution in [1.29, 1.82) is 0 Å². The summed E-state index contributed by atoms with van der Waals surface area (Å²) in [5.74, 6) is -0.874. The van der Waals surface area contributed by atoms with Gasteiger partial charge in [0.2, 0.25) is 0 Å². The maximum Gasteiger partial charge on any atom is 0.306 e. The van der Waals surface area contributed by atoms with Crippen LogP contribution in [0, 0.1) is 0 Å². The van der Waals surface area contributed by atoms with E-state index in [2.05, 4.69) is 106 Å². The van der Waals surface area contributed by atoms with E-state index in [4.69, 9.17) is 14.2 Å². The Kier molecular flexibility index (Phi) is 64.2. The molecule has 0 aliphatic rings. The highest BCUT2D eigenvalue weighted by Crippen LogP contribution is 2.17. The normalized spacial score (nSPS) is 12.6. The summed E-state index contributed by atoms with van der Waals surface area (Å²) in [5.41, 5.74) is 0. The summed E-state index contributed by atoms with van der Waals surface area (Å²) in [7, 11) is 0. The van der Waals surface area contributed by atoms with Gasteiger partial charge >= 0.3 is 17.9 Å². The third kappa shape index (κ3) is 65.3. The van der Waals surface area contributed by atoms with Gasteiger partial charge in [0.05, 0.1) is 0 Å². The molecular formula is C73H128O6. The second-order valence-electron chi connectivity index (χ2n) is 22.7. The van der Waals surface area contributed by atoms with Crippen LogP contribution in [-0.4, -0.2) is 37.2 Å². The largest absolute Gasteiger partial charge is 0.462 e. The molecule has 0 N–H and O–H groups in total. The van der Waals surface area contributed by atoms with Crippen LogP contribution in [0.1, 0.15) is 342 Å². The van der Waals surface area contributed by atoms with Gasteiger partial charge in [0, 0.05) is 19.3 Å². The molecule has 0 aromatic rings. The van der Waals surface area contributed by atoms with E-state index in [0.29, 0.717) is 19.3 Å². The number of carbonyl (C=O) groups excluding carboxylic acids is 3. The fourth-order valence-corrected chi connectivity index (χ4v) is 9.80. The van der Waals surface area contributed by atoms with Crippen LogP contribution in [0.15, 0.2) is 85.1 Å². The molecule has 0 fully saturated rings. The lowest BCUT2D eigenvalue weighted by atomic mass is 10.0. The fraction of sp³-hybridized carbons (Fsp3) is 0.767. The molecule has 1 unspecified atom stereocenters. The molecule has 1 atom stereocenters. The van der Waals surface area contributed by atoms with Gasteiger partial charge in [-0.25, -0.2) is 0 Å². The number of unbranched alkanes of at least 4 members (excludes halogenated alkanes) is 37. The zero-order chi connectivity index (χ0) is 57.1. The fourth-order valence-electron chi connectivity index (χ4n) is 9.80. The first kappa shape index (κ1) is 75.6. The van der Waals surface area contributed by atoms with E-state index in [0.717, 1.165) is 103 Å². The Bertz CT molecular complexity index is 1500. The minimum atomic E-state index is -0.772. The van der Waals surface area contributed by atoms with Crippen LogP contribution in [0.4, 0.5) is 0 Å². The number of hydrogen-bond donors (Lipinski definition) is 0. The Morgan fingerprint density at radius 2 is 0.494 bits per heavy atom. The summed E-state index contributed by atoms with van der Waals surface area (Å²) in [4.78, 5) is 38.0. The zero-order valence-electron chi connectivity index (χ0n) is 52.4. The van der Waals surface area contributed by atoms with Gasteiger partial charge in [0.25, 0.3) is 0 Å². The number of hydrogen-bond acceptors (Lipinski definition) is 6. The maximum absolute atomic E-state index is 12.8. The van der Waals surface area contributed by atoms with Gasteiger partial charge in [-0.15, -0.1) is 0 Å². The van der Waals surface area contributed by atoms with Gasteiger partial charge < -0.3 is 14.2 Å². The smallest absolute Gasteiger partial charge is 0.306 e. The molecule has 0 aromatic carbocycles. The van der Waals surface area contributed by atoms with Gasteiger partial charge in [-0.05, 0) is 96.3 Å². The molecule has 0 saturated heterocycles. The SMILES string of the molecule is CC/C=C\C/C=C\C/C=C\C/C=C\C/C=C\CCCCCCCCCCCCCCCCCCCC(=O)OCC(COC(=O)CCCCCCC)OC(=O)CCCCCCCCCCCCC/C=C\C/C=C\CCCCCCC. The minimum Gasteiger partial charge on any atom is -0.462 e. The molecule has 0 aliphatic carbocycles. The van der Waals surface area contributed by atoms with E-state index in [1.807, 2.05) is 0 Å². The molecule has 0 aromatic heterocycles. The Hall–Kier alpha value is -3.41. The van der Waals surface area contributed by atoms with E-state index in [-0.39, 0.29) is 31.1 Å². The van der Waals surface area contributed by atoms with Crippen molar-refractivity contribution >= 4 is 17.9 Å². The van der Waals surface area contributed by atoms with E-state index in [1.165, 1.54) is 199 Å². The summed E-state index contributed by atoms with van der Waals surface area (Å²) >= 11 is 0. The van der Waals surface area contributed by atoms with Crippen LogP contribution in [0.3, 0.4) is 0 Å². The second kappa shape index (κ2) is 67.1. The highest BCUT2D eigenvalue weighted by molar-refractivity contribution is 5.71. The molecule has 0 heterocycles. The Labute approximate surface area is 490 Å². The first-order valence-corrected chi connectivity index (χ1v) is 34.1. The van der Waals surface area contributed by atoms with Crippen molar-refractivity contribution < 1.29 is 28.6 Å². The molecule has 0 aliphatic heterocycles. The van der Waals surface area contributed by atoms with Gasteiger partial charge in [0.15, 0.2) is 6.10 Å². The van der Waals surface area contributed by atoms with Crippen LogP contribution in [0.5, 0.6) is 0 Å². The van der Waals surface area contributed by atoms with E-state index in [1.54, 1.807) is 0 Å². The quantitative estimate of drug-likeness (QED) is 0.0261. The molecule has 0 saturated carbocycles. The van der Waals surface area contributed by atoms with Crippen molar-refractivity contribution in [1.82, 2.24) is 0 Å². The molecule has 0 rings (SSSR count). The summed E-state index contributed by atoms with van der Waals surface area (Å²) in [6.45, 7) is 6.47. The number of allylic oxidation sites excluding steroid dienone is 14. The second-order valence-corrected chi connectivity index (χ2v) is 22.7. The van der Waals surface area contributed by atoms with Crippen LogP contribution in [0.25, 0.3) is 0 Å². The van der Waals surface area contributed by atoms with Crippen LogP contribution < -0.4 is 0 Å². The molecular weight excluding hydrogens is 973 g/mol. The van der Waals surface area contributed by atoms with Crippen LogP contribution >= 0.6 is 0 Å². The topological polar surface area (TPSA) is 78.9 Å². The highest BCUT2D eigenvalue weighted by atomic mass is 16.6. The standard InChI is InChI=1S/C73H128O6/c1-4-7-10-13-15-17-19-21-23-25-27-29-31-32-33-34-35-36-37-38-39-40-42-43-45-47-49-51-53-55-57-60-63-66-72(75)78-69-70(68-77-71(74)65-62-59-12-9-6-3)79-73(76)67-64-61-58-56-54-52-50-48-46-44-41-30-28-26-24-22-20-18-16-14-11-8-5-2/h7,10,15,17,20-23,26-29,32-33,70H,4-6,8-9,11-14,16,18-19,24-25,30-31,34-69H2,1-3H3/b10-7-,17-15-,22-20-,23-21-,28-26-,29-27-,33-32-.